The van der Waals surface area contributed by atoms with Crippen molar-refractivity contribution in [1.29, 1.82) is 0 Å². The van der Waals surface area contributed by atoms with Gasteiger partial charge in [-0.3, -0.25) is 0 Å². The standard InChI is InChI=1S/C20H25N3S/c1-16-10-14-21-18(15-16)22-19(24)23-20(11-5-6-12-20)13-9-17-7-3-2-4-8-17/h2-4,7-8,10,14-15H,5-6,9,11-13H2,1H3,(H2,21,22,23,24). The first-order chi connectivity index (χ1) is 11.7. The van der Waals surface area contributed by atoms with Gasteiger partial charge in [0.2, 0.25) is 0 Å². The highest BCUT2D eigenvalue weighted by Crippen LogP contribution is 2.33. The summed E-state index contributed by atoms with van der Waals surface area (Å²) in [6.45, 7) is 2.06. The number of rotatable bonds is 5. The molecule has 0 radical (unpaired) electrons. The van der Waals surface area contributed by atoms with Gasteiger partial charge in [0.15, 0.2) is 5.11 Å². The maximum absolute atomic E-state index is 5.56. The first-order valence-electron chi connectivity index (χ1n) is 8.71. The van der Waals surface area contributed by atoms with E-state index >= 15 is 0 Å². The second-order valence-electron chi connectivity index (χ2n) is 6.77. The van der Waals surface area contributed by atoms with Crippen molar-refractivity contribution in [3.05, 3.63) is 59.8 Å². The van der Waals surface area contributed by atoms with Gasteiger partial charge in [-0.1, -0.05) is 43.2 Å². The molecule has 126 valence electrons. The van der Waals surface area contributed by atoms with Crippen LogP contribution in [0.15, 0.2) is 48.7 Å². The molecule has 0 spiro atoms. The fourth-order valence-corrected chi connectivity index (χ4v) is 3.83. The summed E-state index contributed by atoms with van der Waals surface area (Å²) in [5, 5.41) is 7.54. The minimum absolute atomic E-state index is 0.115. The molecule has 24 heavy (non-hydrogen) atoms. The molecule has 1 saturated carbocycles. The zero-order valence-corrected chi connectivity index (χ0v) is 15.0. The van der Waals surface area contributed by atoms with E-state index in [0.717, 1.165) is 18.7 Å². The summed E-state index contributed by atoms with van der Waals surface area (Å²) < 4.78 is 0. The number of nitrogens with one attached hydrogen (secondary N) is 2. The van der Waals surface area contributed by atoms with Crippen molar-refractivity contribution in [2.75, 3.05) is 5.32 Å². The van der Waals surface area contributed by atoms with E-state index in [1.54, 1.807) is 6.20 Å². The molecule has 2 aromatic rings. The largest absolute Gasteiger partial charge is 0.357 e. The van der Waals surface area contributed by atoms with E-state index in [-0.39, 0.29) is 5.54 Å². The Morgan fingerprint density at radius 3 is 2.62 bits per heavy atom. The zero-order valence-electron chi connectivity index (χ0n) is 14.2. The van der Waals surface area contributed by atoms with Crippen LogP contribution >= 0.6 is 12.2 Å². The molecule has 1 aromatic carbocycles. The molecular formula is C20H25N3S. The Morgan fingerprint density at radius 2 is 1.92 bits per heavy atom. The van der Waals surface area contributed by atoms with Crippen molar-refractivity contribution in [3.8, 4) is 0 Å². The van der Waals surface area contributed by atoms with Gasteiger partial charge < -0.3 is 10.6 Å². The van der Waals surface area contributed by atoms with Crippen LogP contribution < -0.4 is 10.6 Å². The number of thiocarbonyl (C=S) groups is 1. The molecule has 0 saturated heterocycles. The number of benzene rings is 1. The van der Waals surface area contributed by atoms with E-state index in [1.807, 2.05) is 12.1 Å². The van der Waals surface area contributed by atoms with Gasteiger partial charge in [-0.25, -0.2) is 4.98 Å². The molecule has 1 heterocycles. The second-order valence-corrected chi connectivity index (χ2v) is 7.18. The Balaban J connectivity index is 1.61. The molecule has 1 aliphatic carbocycles. The van der Waals surface area contributed by atoms with Gasteiger partial charge in [-0.05, 0) is 68.1 Å². The van der Waals surface area contributed by atoms with Crippen molar-refractivity contribution < 1.29 is 0 Å². The fourth-order valence-electron chi connectivity index (χ4n) is 3.51. The van der Waals surface area contributed by atoms with E-state index in [9.17, 15) is 0 Å². The average Bonchev–Trinajstić information content (AvgIpc) is 3.02. The highest BCUT2D eigenvalue weighted by molar-refractivity contribution is 7.80. The van der Waals surface area contributed by atoms with Crippen LogP contribution in [0.4, 0.5) is 5.82 Å². The highest BCUT2D eigenvalue weighted by atomic mass is 32.1. The lowest BCUT2D eigenvalue weighted by Gasteiger charge is -2.32. The maximum atomic E-state index is 5.56. The molecule has 0 aliphatic heterocycles. The van der Waals surface area contributed by atoms with Crippen molar-refractivity contribution in [1.82, 2.24) is 10.3 Å². The number of hydrogen-bond donors (Lipinski definition) is 2. The molecule has 1 aromatic heterocycles. The molecule has 3 nitrogen and oxygen atoms in total. The molecule has 1 aliphatic rings. The van der Waals surface area contributed by atoms with Crippen LogP contribution in [0.5, 0.6) is 0 Å². The van der Waals surface area contributed by atoms with E-state index in [1.165, 1.54) is 36.8 Å². The van der Waals surface area contributed by atoms with Crippen LogP contribution in [0.25, 0.3) is 0 Å². The molecule has 0 atom stereocenters. The highest BCUT2D eigenvalue weighted by Gasteiger charge is 2.34. The molecule has 0 unspecified atom stereocenters. The predicted molar refractivity (Wildman–Crippen MR) is 104 cm³/mol. The quantitative estimate of drug-likeness (QED) is 0.779. The minimum atomic E-state index is 0.115. The van der Waals surface area contributed by atoms with E-state index < -0.39 is 0 Å². The minimum Gasteiger partial charge on any atom is -0.357 e. The van der Waals surface area contributed by atoms with Gasteiger partial charge in [-0.2, -0.15) is 0 Å². The number of aryl methyl sites for hydroxylation is 2. The zero-order chi connectivity index (χ0) is 16.8. The average molecular weight is 340 g/mol. The molecule has 3 rings (SSSR count). The monoisotopic (exact) mass is 339 g/mol. The summed E-state index contributed by atoms with van der Waals surface area (Å²) in [5.41, 5.74) is 2.68. The van der Waals surface area contributed by atoms with Gasteiger partial charge in [0, 0.05) is 11.7 Å². The Labute approximate surface area is 149 Å². The number of hydrogen-bond acceptors (Lipinski definition) is 2. The lowest BCUT2D eigenvalue weighted by atomic mass is 9.89. The third-order valence-electron chi connectivity index (χ3n) is 4.83. The van der Waals surface area contributed by atoms with E-state index in [4.69, 9.17) is 12.2 Å². The number of anilines is 1. The second kappa shape index (κ2) is 7.75. The lowest BCUT2D eigenvalue weighted by Crippen LogP contribution is -2.48. The van der Waals surface area contributed by atoms with E-state index in [2.05, 4.69) is 52.9 Å². The molecule has 1 fully saturated rings. The Hall–Kier alpha value is -1.94. The van der Waals surface area contributed by atoms with E-state index in [0.29, 0.717) is 5.11 Å². The Bertz CT molecular complexity index is 678. The molecule has 4 heteroatoms. The number of aromatic nitrogens is 1. The van der Waals surface area contributed by atoms with Crippen molar-refractivity contribution >= 4 is 23.1 Å². The normalized spacial score (nSPS) is 15.9. The fraction of sp³-hybridized carbons (Fsp3) is 0.400. The van der Waals surface area contributed by atoms with Gasteiger partial charge in [0.25, 0.3) is 0 Å². The third kappa shape index (κ3) is 4.54. The van der Waals surface area contributed by atoms with Crippen molar-refractivity contribution in [3.63, 3.8) is 0 Å². The smallest absolute Gasteiger partial charge is 0.172 e. The third-order valence-corrected chi connectivity index (χ3v) is 5.04. The summed E-state index contributed by atoms with van der Waals surface area (Å²) in [4.78, 5) is 4.33. The molecule has 0 amide bonds. The number of nitrogens with zero attached hydrogens (tertiary/aromatic N) is 1. The molecule has 0 bridgehead atoms. The van der Waals surface area contributed by atoms with Crippen LogP contribution in [0.2, 0.25) is 0 Å². The summed E-state index contributed by atoms with van der Waals surface area (Å²) >= 11 is 5.56. The van der Waals surface area contributed by atoms with Gasteiger partial charge in [0.05, 0.1) is 0 Å². The van der Waals surface area contributed by atoms with Crippen LogP contribution in [0.3, 0.4) is 0 Å². The Morgan fingerprint density at radius 1 is 1.17 bits per heavy atom. The lowest BCUT2D eigenvalue weighted by molar-refractivity contribution is 0.362. The van der Waals surface area contributed by atoms with Crippen molar-refractivity contribution in [2.45, 2.75) is 51.0 Å². The SMILES string of the molecule is Cc1ccnc(NC(=S)NC2(CCc3ccccc3)CCCC2)c1. The topological polar surface area (TPSA) is 37.0 Å². The van der Waals surface area contributed by atoms with Gasteiger partial charge in [0.1, 0.15) is 5.82 Å². The summed E-state index contributed by atoms with van der Waals surface area (Å²) in [7, 11) is 0. The van der Waals surface area contributed by atoms with Crippen molar-refractivity contribution in [2.24, 2.45) is 0 Å². The summed E-state index contributed by atoms with van der Waals surface area (Å²) in [5.74, 6) is 0.809. The number of pyridine rings is 1. The summed E-state index contributed by atoms with van der Waals surface area (Å²) in [6.07, 6.45) is 8.91. The first kappa shape index (κ1) is 16.9. The van der Waals surface area contributed by atoms with Crippen LogP contribution in [-0.4, -0.2) is 15.6 Å². The molecule has 2 N–H and O–H groups in total. The first-order valence-corrected chi connectivity index (χ1v) is 9.12. The predicted octanol–water partition coefficient (Wildman–Crippen LogP) is 4.62. The van der Waals surface area contributed by atoms with Gasteiger partial charge >= 0.3 is 0 Å². The van der Waals surface area contributed by atoms with Crippen LogP contribution in [0, 0.1) is 6.92 Å². The van der Waals surface area contributed by atoms with Gasteiger partial charge in [-0.15, -0.1) is 0 Å². The summed E-state index contributed by atoms with van der Waals surface area (Å²) in [6, 6.07) is 14.7. The van der Waals surface area contributed by atoms with Crippen LogP contribution in [-0.2, 0) is 6.42 Å². The van der Waals surface area contributed by atoms with Crippen LogP contribution in [0.1, 0.15) is 43.2 Å². The maximum Gasteiger partial charge on any atom is 0.172 e. The Kier molecular flexibility index (Phi) is 5.46. The molecular weight excluding hydrogens is 314 g/mol.